The van der Waals surface area contributed by atoms with Crippen LogP contribution >= 0.6 is 0 Å². The fourth-order valence-corrected chi connectivity index (χ4v) is 2.74. The Labute approximate surface area is 105 Å². The maximum absolute atomic E-state index is 14.0. The summed E-state index contributed by atoms with van der Waals surface area (Å²) in [5.41, 5.74) is 0.460. The molecule has 1 aliphatic rings. The predicted octanol–water partition coefficient (Wildman–Crippen LogP) is 3.73. The molecule has 0 aliphatic heterocycles. The molecule has 0 saturated heterocycles. The zero-order valence-corrected chi connectivity index (χ0v) is 10.9. The average Bonchev–Trinajstić information content (AvgIpc) is 2.42. The first kappa shape index (κ1) is 13.4. The molecule has 0 bridgehead atoms. The molecule has 0 heterocycles. The third-order valence-corrected chi connectivity index (χ3v) is 3.82. The van der Waals surface area contributed by atoms with Gasteiger partial charge in [0, 0.05) is 17.7 Å². The van der Waals surface area contributed by atoms with E-state index in [1.165, 1.54) is 0 Å². The van der Waals surface area contributed by atoms with E-state index in [4.69, 9.17) is 0 Å². The first-order chi connectivity index (χ1) is 8.35. The second-order valence-electron chi connectivity index (χ2n) is 5.76. The van der Waals surface area contributed by atoms with Crippen LogP contribution in [0.25, 0.3) is 0 Å². The minimum absolute atomic E-state index is 0.0257. The van der Waals surface area contributed by atoms with Gasteiger partial charge in [0.2, 0.25) is 0 Å². The van der Waals surface area contributed by atoms with Crippen molar-refractivity contribution in [2.24, 2.45) is 5.41 Å². The van der Waals surface area contributed by atoms with Crippen LogP contribution in [0.4, 0.5) is 13.2 Å². The Hall–Kier alpha value is -1.03. The molecular weight excluding hydrogens is 239 g/mol. The molecule has 0 radical (unpaired) electrons. The van der Waals surface area contributed by atoms with Crippen molar-refractivity contribution in [1.82, 2.24) is 5.32 Å². The number of rotatable bonds is 1. The Morgan fingerprint density at radius 2 is 1.89 bits per heavy atom. The van der Waals surface area contributed by atoms with E-state index in [1.807, 2.05) is 0 Å². The molecule has 0 aromatic heterocycles. The van der Waals surface area contributed by atoms with Gasteiger partial charge in [-0.2, -0.15) is 0 Å². The van der Waals surface area contributed by atoms with Crippen LogP contribution in [-0.4, -0.2) is 7.05 Å². The highest BCUT2D eigenvalue weighted by Crippen LogP contribution is 2.41. The van der Waals surface area contributed by atoms with Crippen molar-refractivity contribution < 1.29 is 13.2 Å². The Bertz CT molecular complexity index is 469. The molecule has 1 atom stereocenters. The van der Waals surface area contributed by atoms with Gasteiger partial charge >= 0.3 is 0 Å². The highest BCUT2D eigenvalue weighted by Gasteiger charge is 2.33. The SMILES string of the molecule is CNC1CC(C)(C)CCc2c(F)cc(F)c(F)c21. The lowest BCUT2D eigenvalue weighted by Gasteiger charge is -2.26. The third-order valence-electron chi connectivity index (χ3n) is 3.82. The fourth-order valence-electron chi connectivity index (χ4n) is 2.74. The Balaban J connectivity index is 2.60. The van der Waals surface area contributed by atoms with Crippen LogP contribution in [0.1, 0.15) is 43.9 Å². The van der Waals surface area contributed by atoms with Gasteiger partial charge in [0.15, 0.2) is 11.6 Å². The van der Waals surface area contributed by atoms with Gasteiger partial charge in [-0.15, -0.1) is 0 Å². The van der Waals surface area contributed by atoms with Crippen molar-refractivity contribution in [2.45, 2.75) is 39.2 Å². The molecule has 1 aromatic carbocycles. The maximum Gasteiger partial charge on any atom is 0.164 e. The van der Waals surface area contributed by atoms with E-state index >= 15 is 0 Å². The van der Waals surface area contributed by atoms with Crippen LogP contribution in [0.5, 0.6) is 0 Å². The lowest BCUT2D eigenvalue weighted by Crippen LogP contribution is -2.24. The minimum atomic E-state index is -1.11. The lowest BCUT2D eigenvalue weighted by molar-refractivity contribution is 0.276. The van der Waals surface area contributed by atoms with Gasteiger partial charge in [0.05, 0.1) is 0 Å². The van der Waals surface area contributed by atoms with E-state index in [1.54, 1.807) is 7.05 Å². The summed E-state index contributed by atoms with van der Waals surface area (Å²) in [5, 5.41) is 2.98. The summed E-state index contributed by atoms with van der Waals surface area (Å²) in [7, 11) is 1.69. The smallest absolute Gasteiger partial charge is 0.164 e. The monoisotopic (exact) mass is 257 g/mol. The quantitative estimate of drug-likeness (QED) is 0.597. The number of hydrogen-bond acceptors (Lipinski definition) is 1. The lowest BCUT2D eigenvalue weighted by atomic mass is 9.83. The second kappa shape index (κ2) is 4.57. The molecular formula is C14H18F3N. The molecule has 1 unspecified atom stereocenters. The number of halogens is 3. The summed E-state index contributed by atoms with van der Waals surface area (Å²) in [4.78, 5) is 0. The molecule has 0 spiro atoms. The largest absolute Gasteiger partial charge is 0.313 e. The van der Waals surface area contributed by atoms with E-state index in [0.717, 1.165) is 6.42 Å². The summed E-state index contributed by atoms with van der Waals surface area (Å²) < 4.78 is 41.1. The van der Waals surface area contributed by atoms with Crippen LogP contribution < -0.4 is 5.32 Å². The third kappa shape index (κ3) is 2.26. The van der Waals surface area contributed by atoms with Gasteiger partial charge in [-0.25, -0.2) is 13.2 Å². The van der Waals surface area contributed by atoms with Crippen molar-refractivity contribution in [3.05, 3.63) is 34.6 Å². The van der Waals surface area contributed by atoms with Crippen molar-refractivity contribution in [2.75, 3.05) is 7.05 Å². The molecule has 0 fully saturated rings. The highest BCUT2D eigenvalue weighted by atomic mass is 19.2. The summed E-state index contributed by atoms with van der Waals surface area (Å²) >= 11 is 0. The normalized spacial score (nSPS) is 22.4. The topological polar surface area (TPSA) is 12.0 Å². The number of fused-ring (bicyclic) bond motifs is 1. The average molecular weight is 257 g/mol. The molecule has 1 aromatic rings. The summed E-state index contributed by atoms with van der Waals surface area (Å²) in [5.74, 6) is -2.66. The van der Waals surface area contributed by atoms with Crippen LogP contribution in [0.15, 0.2) is 6.07 Å². The Morgan fingerprint density at radius 1 is 1.22 bits per heavy atom. The van der Waals surface area contributed by atoms with E-state index < -0.39 is 17.5 Å². The fraction of sp³-hybridized carbons (Fsp3) is 0.571. The molecule has 1 nitrogen and oxygen atoms in total. The van der Waals surface area contributed by atoms with E-state index in [2.05, 4.69) is 19.2 Å². The van der Waals surface area contributed by atoms with E-state index in [0.29, 0.717) is 24.5 Å². The van der Waals surface area contributed by atoms with Crippen LogP contribution in [0.3, 0.4) is 0 Å². The van der Waals surface area contributed by atoms with E-state index in [9.17, 15) is 13.2 Å². The summed E-state index contributed by atoms with van der Waals surface area (Å²) in [6.45, 7) is 4.13. The minimum Gasteiger partial charge on any atom is -0.313 e. The maximum atomic E-state index is 14.0. The zero-order chi connectivity index (χ0) is 13.5. The first-order valence-electron chi connectivity index (χ1n) is 6.19. The van der Waals surface area contributed by atoms with Crippen molar-refractivity contribution in [3.63, 3.8) is 0 Å². The van der Waals surface area contributed by atoms with Gasteiger partial charge in [-0.05, 0) is 37.3 Å². The number of hydrogen-bond donors (Lipinski definition) is 1. The standard InChI is InChI=1S/C14H18F3N/c1-14(2)5-4-8-9(15)6-10(16)13(17)12(8)11(7-14)18-3/h6,11,18H,4-5,7H2,1-3H3. The molecule has 2 rings (SSSR count). The van der Waals surface area contributed by atoms with Crippen molar-refractivity contribution in [3.8, 4) is 0 Å². The zero-order valence-electron chi connectivity index (χ0n) is 10.9. The molecule has 18 heavy (non-hydrogen) atoms. The molecule has 0 amide bonds. The van der Waals surface area contributed by atoms with Gasteiger partial charge in [0.1, 0.15) is 5.82 Å². The van der Waals surface area contributed by atoms with Gasteiger partial charge in [-0.1, -0.05) is 13.8 Å². The molecule has 100 valence electrons. The molecule has 0 saturated carbocycles. The number of benzene rings is 1. The Kier molecular flexibility index (Phi) is 3.41. The van der Waals surface area contributed by atoms with Gasteiger partial charge < -0.3 is 5.32 Å². The van der Waals surface area contributed by atoms with Crippen LogP contribution in [0.2, 0.25) is 0 Å². The Morgan fingerprint density at radius 3 is 2.50 bits per heavy atom. The second-order valence-corrected chi connectivity index (χ2v) is 5.76. The highest BCUT2D eigenvalue weighted by molar-refractivity contribution is 5.35. The van der Waals surface area contributed by atoms with Crippen LogP contribution in [0, 0.1) is 22.9 Å². The van der Waals surface area contributed by atoms with Crippen molar-refractivity contribution in [1.29, 1.82) is 0 Å². The molecule has 4 heteroatoms. The van der Waals surface area contributed by atoms with Crippen molar-refractivity contribution >= 4 is 0 Å². The molecule has 1 aliphatic carbocycles. The summed E-state index contributed by atoms with van der Waals surface area (Å²) in [6.07, 6.45) is 1.88. The summed E-state index contributed by atoms with van der Waals surface area (Å²) in [6, 6.07) is 0.307. The number of nitrogens with one attached hydrogen (secondary N) is 1. The molecule has 1 N–H and O–H groups in total. The van der Waals surface area contributed by atoms with Gasteiger partial charge in [-0.3, -0.25) is 0 Å². The predicted molar refractivity (Wildman–Crippen MR) is 64.8 cm³/mol. The van der Waals surface area contributed by atoms with Crippen LogP contribution in [-0.2, 0) is 6.42 Å². The van der Waals surface area contributed by atoms with Gasteiger partial charge in [0.25, 0.3) is 0 Å². The van der Waals surface area contributed by atoms with E-state index in [-0.39, 0.29) is 17.0 Å². The first-order valence-corrected chi connectivity index (χ1v) is 6.19.